The molecule has 1 amide bonds. The molecule has 0 saturated carbocycles. The molecule has 1 saturated heterocycles. The van der Waals surface area contributed by atoms with E-state index in [4.69, 9.17) is 5.26 Å². The number of rotatable bonds is 1. The van der Waals surface area contributed by atoms with E-state index in [1.165, 1.54) is 6.08 Å². The maximum Gasteiger partial charge on any atom is 0.247 e. The molecule has 4 nitrogen and oxygen atoms in total. The zero-order valence-electron chi connectivity index (χ0n) is 7.66. The number of allylic oxidation sites excluding steroid dienone is 1. The quantitative estimate of drug-likeness (QED) is 0.571. The van der Waals surface area contributed by atoms with Gasteiger partial charge in [0.15, 0.2) is 0 Å². The van der Waals surface area contributed by atoms with Gasteiger partial charge in [0, 0.05) is 19.6 Å². The van der Waals surface area contributed by atoms with Crippen LogP contribution in [0.15, 0.2) is 12.2 Å². The highest BCUT2D eigenvalue weighted by atomic mass is 16.2. The number of nitrogens with one attached hydrogen (secondary N) is 1. The van der Waals surface area contributed by atoms with E-state index in [1.54, 1.807) is 17.9 Å². The smallest absolute Gasteiger partial charge is 0.247 e. The summed E-state index contributed by atoms with van der Waals surface area (Å²) in [6.07, 6.45) is 3.19. The average molecular weight is 179 g/mol. The first-order chi connectivity index (χ1) is 6.29. The molecule has 1 aliphatic heterocycles. The minimum atomic E-state index is -0.322. The zero-order chi connectivity index (χ0) is 9.68. The maximum atomic E-state index is 11.4. The van der Waals surface area contributed by atoms with Crippen LogP contribution in [0, 0.1) is 11.3 Å². The molecular formula is C9H13N3O. The summed E-state index contributed by atoms with van der Waals surface area (Å²) in [4.78, 5) is 13.0. The standard InChI is InChI=1S/C9H13N3O/c1-2-3-9(13)12-5-4-11-7-8(12)6-10/h2-3,8,11H,4-5,7H2,1H3/b3-2+. The van der Waals surface area contributed by atoms with Gasteiger partial charge in [-0.05, 0) is 13.0 Å². The van der Waals surface area contributed by atoms with Crippen molar-refractivity contribution in [1.82, 2.24) is 10.2 Å². The Labute approximate surface area is 77.8 Å². The Morgan fingerprint density at radius 3 is 3.15 bits per heavy atom. The van der Waals surface area contributed by atoms with Crippen molar-refractivity contribution in [3.05, 3.63) is 12.2 Å². The Morgan fingerprint density at radius 1 is 1.77 bits per heavy atom. The normalized spacial score (nSPS) is 23.1. The van der Waals surface area contributed by atoms with Gasteiger partial charge < -0.3 is 10.2 Å². The molecule has 1 unspecified atom stereocenters. The molecule has 13 heavy (non-hydrogen) atoms. The minimum absolute atomic E-state index is 0.0736. The van der Waals surface area contributed by atoms with E-state index in [0.29, 0.717) is 13.1 Å². The molecular weight excluding hydrogens is 166 g/mol. The average Bonchev–Trinajstić information content (AvgIpc) is 2.18. The van der Waals surface area contributed by atoms with Crippen LogP contribution in [-0.2, 0) is 4.79 Å². The first-order valence-electron chi connectivity index (χ1n) is 4.33. The highest BCUT2D eigenvalue weighted by Gasteiger charge is 2.24. The Morgan fingerprint density at radius 2 is 2.54 bits per heavy atom. The van der Waals surface area contributed by atoms with E-state index in [9.17, 15) is 4.79 Å². The highest BCUT2D eigenvalue weighted by molar-refractivity contribution is 5.88. The predicted octanol–water partition coefficient (Wildman–Crippen LogP) is -0.114. The molecule has 0 radical (unpaired) electrons. The van der Waals surface area contributed by atoms with Gasteiger partial charge >= 0.3 is 0 Å². The Balaban J connectivity index is 2.65. The van der Waals surface area contributed by atoms with E-state index in [2.05, 4.69) is 11.4 Å². The molecule has 4 heteroatoms. The summed E-state index contributed by atoms with van der Waals surface area (Å²) in [5.41, 5.74) is 0. The Kier molecular flexibility index (Phi) is 3.47. The molecule has 0 bridgehead atoms. The molecule has 0 aromatic rings. The van der Waals surface area contributed by atoms with Crippen molar-refractivity contribution < 1.29 is 4.79 Å². The van der Waals surface area contributed by atoms with Crippen LogP contribution in [0.1, 0.15) is 6.92 Å². The van der Waals surface area contributed by atoms with Crippen molar-refractivity contribution in [3.63, 3.8) is 0 Å². The van der Waals surface area contributed by atoms with Gasteiger partial charge in [-0.15, -0.1) is 0 Å². The summed E-state index contributed by atoms with van der Waals surface area (Å²) in [5.74, 6) is -0.0736. The van der Waals surface area contributed by atoms with Crippen LogP contribution in [0.4, 0.5) is 0 Å². The number of hydrogen-bond donors (Lipinski definition) is 1. The van der Waals surface area contributed by atoms with E-state index < -0.39 is 0 Å². The molecule has 1 atom stereocenters. The molecule has 0 spiro atoms. The van der Waals surface area contributed by atoms with Crippen LogP contribution in [0.25, 0.3) is 0 Å². The highest BCUT2D eigenvalue weighted by Crippen LogP contribution is 2.03. The largest absolute Gasteiger partial charge is 0.321 e. The molecule has 1 fully saturated rings. The van der Waals surface area contributed by atoms with E-state index in [0.717, 1.165) is 6.54 Å². The summed E-state index contributed by atoms with van der Waals surface area (Å²) in [6.45, 7) is 3.74. The van der Waals surface area contributed by atoms with Crippen molar-refractivity contribution in [2.75, 3.05) is 19.6 Å². The number of piperazine rings is 1. The van der Waals surface area contributed by atoms with Crippen LogP contribution in [0.3, 0.4) is 0 Å². The molecule has 1 aliphatic rings. The van der Waals surface area contributed by atoms with Gasteiger partial charge in [-0.2, -0.15) is 5.26 Å². The number of carbonyl (C=O) groups is 1. The van der Waals surface area contributed by atoms with Crippen LogP contribution >= 0.6 is 0 Å². The maximum absolute atomic E-state index is 11.4. The van der Waals surface area contributed by atoms with E-state index in [1.807, 2.05) is 0 Å². The van der Waals surface area contributed by atoms with Crippen molar-refractivity contribution in [3.8, 4) is 6.07 Å². The van der Waals surface area contributed by atoms with Gasteiger partial charge in [0.25, 0.3) is 0 Å². The third-order valence-corrected chi connectivity index (χ3v) is 1.98. The second kappa shape index (κ2) is 4.63. The molecule has 0 aromatic carbocycles. The predicted molar refractivity (Wildman–Crippen MR) is 48.8 cm³/mol. The number of nitrogens with zero attached hydrogens (tertiary/aromatic N) is 2. The molecule has 70 valence electrons. The minimum Gasteiger partial charge on any atom is -0.321 e. The zero-order valence-corrected chi connectivity index (χ0v) is 7.66. The number of carbonyl (C=O) groups excluding carboxylic acids is 1. The van der Waals surface area contributed by atoms with Gasteiger partial charge in [-0.1, -0.05) is 6.08 Å². The molecule has 1 rings (SSSR count). The van der Waals surface area contributed by atoms with Gasteiger partial charge in [0.1, 0.15) is 6.04 Å². The third kappa shape index (κ3) is 2.30. The van der Waals surface area contributed by atoms with Gasteiger partial charge in [-0.3, -0.25) is 4.79 Å². The molecule has 1 N–H and O–H groups in total. The second-order valence-corrected chi connectivity index (χ2v) is 2.88. The van der Waals surface area contributed by atoms with Gasteiger partial charge in [0.05, 0.1) is 6.07 Å². The monoisotopic (exact) mass is 179 g/mol. The lowest BCUT2D eigenvalue weighted by Gasteiger charge is -2.31. The number of hydrogen-bond acceptors (Lipinski definition) is 3. The Hall–Kier alpha value is -1.34. The SMILES string of the molecule is C/C=C/C(=O)N1CCNCC1C#N. The first kappa shape index (κ1) is 9.75. The number of nitriles is 1. The van der Waals surface area contributed by atoms with Crippen LogP contribution in [0.2, 0.25) is 0 Å². The summed E-state index contributed by atoms with van der Waals surface area (Å²) >= 11 is 0. The fourth-order valence-corrected chi connectivity index (χ4v) is 1.32. The van der Waals surface area contributed by atoms with Crippen molar-refractivity contribution in [1.29, 1.82) is 5.26 Å². The summed E-state index contributed by atoms with van der Waals surface area (Å²) in [7, 11) is 0. The lowest BCUT2D eigenvalue weighted by molar-refractivity contribution is -0.127. The molecule has 0 aliphatic carbocycles. The van der Waals surface area contributed by atoms with Gasteiger partial charge in [-0.25, -0.2) is 0 Å². The molecule has 0 aromatic heterocycles. The second-order valence-electron chi connectivity index (χ2n) is 2.88. The summed E-state index contributed by atoms with van der Waals surface area (Å²) in [6, 6.07) is 1.78. The van der Waals surface area contributed by atoms with Crippen molar-refractivity contribution in [2.45, 2.75) is 13.0 Å². The van der Waals surface area contributed by atoms with Crippen molar-refractivity contribution >= 4 is 5.91 Å². The Bertz CT molecular complexity index is 254. The topological polar surface area (TPSA) is 56.1 Å². The first-order valence-corrected chi connectivity index (χ1v) is 4.33. The van der Waals surface area contributed by atoms with Crippen molar-refractivity contribution in [2.24, 2.45) is 0 Å². The molecule has 1 heterocycles. The van der Waals surface area contributed by atoms with Crippen LogP contribution < -0.4 is 5.32 Å². The fourth-order valence-electron chi connectivity index (χ4n) is 1.32. The summed E-state index contributed by atoms with van der Waals surface area (Å²) < 4.78 is 0. The lowest BCUT2D eigenvalue weighted by Crippen LogP contribution is -2.52. The van der Waals surface area contributed by atoms with E-state index in [-0.39, 0.29) is 11.9 Å². The fraction of sp³-hybridized carbons (Fsp3) is 0.556. The van der Waals surface area contributed by atoms with Crippen LogP contribution in [-0.4, -0.2) is 36.5 Å². The lowest BCUT2D eigenvalue weighted by atomic mass is 10.2. The number of amides is 1. The van der Waals surface area contributed by atoms with Crippen LogP contribution in [0.5, 0.6) is 0 Å². The van der Waals surface area contributed by atoms with Gasteiger partial charge in [0.2, 0.25) is 5.91 Å². The van der Waals surface area contributed by atoms with E-state index >= 15 is 0 Å². The third-order valence-electron chi connectivity index (χ3n) is 1.98. The summed E-state index contributed by atoms with van der Waals surface area (Å²) in [5, 5.41) is 11.8.